The van der Waals surface area contributed by atoms with Gasteiger partial charge < -0.3 is 15.5 Å². The van der Waals surface area contributed by atoms with Crippen molar-refractivity contribution in [2.75, 3.05) is 7.11 Å². The minimum Gasteiger partial charge on any atom is -0.380 e. The number of aromatic amines is 1. The van der Waals surface area contributed by atoms with E-state index in [0.29, 0.717) is 5.92 Å². The SMILES string of the molecule is CO[C@@H]1CC[C@H](c2nc(-c3ccccc3)nn2CCc2cnc[nH]2)C[C@H]1N. The monoisotopic (exact) mass is 366 g/mol. The molecule has 2 aromatic heterocycles. The van der Waals surface area contributed by atoms with E-state index >= 15 is 0 Å². The third-order valence-corrected chi connectivity index (χ3v) is 5.38. The number of nitrogens with two attached hydrogens (primary N) is 1. The molecule has 7 nitrogen and oxygen atoms in total. The Labute approximate surface area is 159 Å². The van der Waals surface area contributed by atoms with Gasteiger partial charge in [-0.2, -0.15) is 5.10 Å². The summed E-state index contributed by atoms with van der Waals surface area (Å²) in [4.78, 5) is 12.2. The largest absolute Gasteiger partial charge is 0.380 e. The first-order valence-electron chi connectivity index (χ1n) is 9.50. The van der Waals surface area contributed by atoms with Crippen LogP contribution in [0.3, 0.4) is 0 Å². The molecule has 0 radical (unpaired) electrons. The number of hydrogen-bond donors (Lipinski definition) is 2. The van der Waals surface area contributed by atoms with Crippen molar-refractivity contribution in [2.45, 2.75) is 50.3 Å². The smallest absolute Gasteiger partial charge is 0.181 e. The number of ether oxygens (including phenoxy) is 1. The van der Waals surface area contributed by atoms with E-state index in [1.165, 1.54) is 0 Å². The number of methoxy groups -OCH3 is 1. The second kappa shape index (κ2) is 8.02. The van der Waals surface area contributed by atoms with E-state index in [1.807, 2.05) is 41.2 Å². The van der Waals surface area contributed by atoms with E-state index in [-0.39, 0.29) is 12.1 Å². The van der Waals surface area contributed by atoms with E-state index < -0.39 is 0 Å². The Bertz CT molecular complexity index is 845. The number of nitrogens with zero attached hydrogens (tertiary/aromatic N) is 4. The quantitative estimate of drug-likeness (QED) is 0.699. The van der Waals surface area contributed by atoms with Crippen LogP contribution in [0.4, 0.5) is 0 Å². The van der Waals surface area contributed by atoms with Crippen LogP contribution < -0.4 is 5.73 Å². The number of imidazole rings is 1. The standard InChI is InChI=1S/C20H26N6O/c1-27-18-8-7-15(11-17(18)21)20-24-19(14-5-3-2-4-6-14)25-26(20)10-9-16-12-22-13-23-16/h2-6,12-13,15,17-18H,7-11,21H2,1H3,(H,22,23)/t15-,17+,18+/m0/s1. The number of aryl methyl sites for hydroxylation is 2. The minimum atomic E-state index is 0.0340. The van der Waals surface area contributed by atoms with Gasteiger partial charge in [-0.15, -0.1) is 0 Å². The van der Waals surface area contributed by atoms with Crippen LogP contribution in [-0.4, -0.2) is 44.0 Å². The van der Waals surface area contributed by atoms with Crippen LogP contribution in [0, 0.1) is 0 Å². The van der Waals surface area contributed by atoms with Crippen LogP contribution in [0.5, 0.6) is 0 Å². The van der Waals surface area contributed by atoms with E-state index in [0.717, 1.165) is 55.1 Å². The summed E-state index contributed by atoms with van der Waals surface area (Å²) in [5.41, 5.74) is 8.47. The summed E-state index contributed by atoms with van der Waals surface area (Å²) < 4.78 is 7.56. The maximum absolute atomic E-state index is 6.34. The molecule has 0 spiro atoms. The Hall–Kier alpha value is -2.51. The van der Waals surface area contributed by atoms with Gasteiger partial charge in [-0.05, 0) is 19.3 Å². The first-order chi connectivity index (χ1) is 13.2. The zero-order valence-electron chi connectivity index (χ0n) is 15.6. The summed E-state index contributed by atoms with van der Waals surface area (Å²) in [6, 6.07) is 10.2. The fourth-order valence-corrected chi connectivity index (χ4v) is 3.88. The third kappa shape index (κ3) is 3.94. The summed E-state index contributed by atoms with van der Waals surface area (Å²) in [5.74, 6) is 2.11. The first-order valence-corrected chi connectivity index (χ1v) is 9.50. The molecule has 1 saturated carbocycles. The minimum absolute atomic E-state index is 0.0340. The molecule has 7 heteroatoms. The van der Waals surface area contributed by atoms with E-state index in [1.54, 1.807) is 13.4 Å². The van der Waals surface area contributed by atoms with Gasteiger partial charge in [-0.1, -0.05) is 30.3 Å². The lowest BCUT2D eigenvalue weighted by Gasteiger charge is -2.32. The average molecular weight is 366 g/mol. The molecule has 27 heavy (non-hydrogen) atoms. The summed E-state index contributed by atoms with van der Waals surface area (Å²) in [6.45, 7) is 0.761. The molecule has 4 rings (SSSR count). The molecule has 3 N–H and O–H groups in total. The second-order valence-electron chi connectivity index (χ2n) is 7.16. The number of hydrogen-bond acceptors (Lipinski definition) is 5. The van der Waals surface area contributed by atoms with E-state index in [4.69, 9.17) is 20.6 Å². The lowest BCUT2D eigenvalue weighted by Crippen LogP contribution is -2.41. The van der Waals surface area contributed by atoms with Gasteiger partial charge in [0.05, 0.1) is 12.4 Å². The molecule has 1 aromatic carbocycles. The van der Waals surface area contributed by atoms with Gasteiger partial charge in [0.1, 0.15) is 5.82 Å². The van der Waals surface area contributed by atoms with Gasteiger partial charge in [0.25, 0.3) is 0 Å². The molecule has 142 valence electrons. The normalized spacial score (nSPS) is 22.8. The summed E-state index contributed by atoms with van der Waals surface area (Å²) >= 11 is 0. The van der Waals surface area contributed by atoms with Crippen molar-refractivity contribution in [1.82, 2.24) is 24.7 Å². The topological polar surface area (TPSA) is 94.6 Å². The Morgan fingerprint density at radius 2 is 2.11 bits per heavy atom. The summed E-state index contributed by atoms with van der Waals surface area (Å²) in [6.07, 6.45) is 7.38. The molecule has 1 aliphatic rings. The second-order valence-corrected chi connectivity index (χ2v) is 7.16. The van der Waals surface area contributed by atoms with Gasteiger partial charge in [0.15, 0.2) is 5.82 Å². The first kappa shape index (κ1) is 17.9. The lowest BCUT2D eigenvalue weighted by molar-refractivity contribution is 0.0480. The van der Waals surface area contributed by atoms with Gasteiger partial charge in [0.2, 0.25) is 0 Å². The maximum atomic E-state index is 6.34. The Balaban J connectivity index is 1.60. The average Bonchev–Trinajstić information content (AvgIpc) is 3.37. The highest BCUT2D eigenvalue weighted by Gasteiger charge is 2.32. The molecule has 0 saturated heterocycles. The molecule has 0 bridgehead atoms. The van der Waals surface area contributed by atoms with Crippen LogP contribution in [0.2, 0.25) is 0 Å². The van der Waals surface area contributed by atoms with E-state index in [2.05, 4.69) is 9.97 Å². The van der Waals surface area contributed by atoms with Gasteiger partial charge in [0, 0.05) is 49.5 Å². The number of benzene rings is 1. The van der Waals surface area contributed by atoms with Crippen molar-refractivity contribution >= 4 is 0 Å². The predicted octanol–water partition coefficient (Wildman–Crippen LogP) is 2.52. The van der Waals surface area contributed by atoms with Crippen LogP contribution >= 0.6 is 0 Å². The van der Waals surface area contributed by atoms with Crippen molar-refractivity contribution in [3.05, 3.63) is 54.4 Å². The van der Waals surface area contributed by atoms with Crippen molar-refractivity contribution < 1.29 is 4.74 Å². The predicted molar refractivity (Wildman–Crippen MR) is 103 cm³/mol. The molecule has 0 aliphatic heterocycles. The Morgan fingerprint density at radius 1 is 1.26 bits per heavy atom. The number of nitrogens with one attached hydrogen (secondary N) is 1. The highest BCUT2D eigenvalue weighted by molar-refractivity contribution is 5.54. The van der Waals surface area contributed by atoms with Crippen LogP contribution in [0.15, 0.2) is 42.9 Å². The molecule has 1 aliphatic carbocycles. The summed E-state index contributed by atoms with van der Waals surface area (Å²) in [7, 11) is 1.74. The van der Waals surface area contributed by atoms with E-state index in [9.17, 15) is 0 Å². The van der Waals surface area contributed by atoms with Crippen LogP contribution in [0.1, 0.15) is 36.7 Å². The van der Waals surface area contributed by atoms with Crippen molar-refractivity contribution in [3.8, 4) is 11.4 Å². The fourth-order valence-electron chi connectivity index (χ4n) is 3.88. The van der Waals surface area contributed by atoms with Crippen LogP contribution in [-0.2, 0) is 17.7 Å². The van der Waals surface area contributed by atoms with Crippen molar-refractivity contribution in [2.24, 2.45) is 5.73 Å². The highest BCUT2D eigenvalue weighted by Crippen LogP contribution is 2.33. The zero-order valence-corrected chi connectivity index (χ0v) is 15.6. The molecular formula is C20H26N6O. The zero-order chi connectivity index (χ0) is 18.6. The Kier molecular flexibility index (Phi) is 5.31. The highest BCUT2D eigenvalue weighted by atomic mass is 16.5. The van der Waals surface area contributed by atoms with Crippen LogP contribution in [0.25, 0.3) is 11.4 Å². The third-order valence-electron chi connectivity index (χ3n) is 5.38. The molecular weight excluding hydrogens is 340 g/mol. The molecule has 3 aromatic rings. The molecule has 3 atom stereocenters. The number of rotatable bonds is 6. The molecule has 1 fully saturated rings. The van der Waals surface area contributed by atoms with Gasteiger partial charge >= 0.3 is 0 Å². The van der Waals surface area contributed by atoms with Gasteiger partial charge in [-0.3, -0.25) is 0 Å². The van der Waals surface area contributed by atoms with Crippen molar-refractivity contribution in [1.29, 1.82) is 0 Å². The summed E-state index contributed by atoms with van der Waals surface area (Å²) in [5, 5.41) is 4.82. The number of H-pyrrole nitrogens is 1. The Morgan fingerprint density at radius 3 is 2.81 bits per heavy atom. The number of aromatic nitrogens is 5. The van der Waals surface area contributed by atoms with Crippen molar-refractivity contribution in [3.63, 3.8) is 0 Å². The fraction of sp³-hybridized carbons (Fsp3) is 0.450. The lowest BCUT2D eigenvalue weighted by atomic mass is 9.83. The maximum Gasteiger partial charge on any atom is 0.181 e. The molecule has 0 unspecified atom stereocenters. The molecule has 2 heterocycles. The molecule has 0 amide bonds. The van der Waals surface area contributed by atoms with Gasteiger partial charge in [-0.25, -0.2) is 14.6 Å².